The zero-order valence-corrected chi connectivity index (χ0v) is 14.6. The van der Waals surface area contributed by atoms with Crippen molar-refractivity contribution in [2.75, 3.05) is 11.9 Å². The summed E-state index contributed by atoms with van der Waals surface area (Å²) in [6.07, 6.45) is 0.541. The molecule has 2 aromatic rings. The minimum absolute atomic E-state index is 0.169. The molecule has 2 N–H and O–H groups in total. The van der Waals surface area contributed by atoms with Crippen molar-refractivity contribution in [1.29, 1.82) is 0 Å². The highest BCUT2D eigenvalue weighted by Crippen LogP contribution is 2.22. The molecule has 1 aromatic carbocycles. The molecule has 0 atom stereocenters. The van der Waals surface area contributed by atoms with Crippen molar-refractivity contribution in [3.8, 4) is 0 Å². The van der Waals surface area contributed by atoms with Crippen LogP contribution >= 0.6 is 11.3 Å². The molecule has 9 heteroatoms. The third-order valence-electron chi connectivity index (χ3n) is 3.22. The van der Waals surface area contributed by atoms with Gasteiger partial charge in [-0.2, -0.15) is 0 Å². The van der Waals surface area contributed by atoms with Crippen LogP contribution in [-0.4, -0.2) is 28.6 Å². The van der Waals surface area contributed by atoms with E-state index in [4.69, 9.17) is 0 Å². The van der Waals surface area contributed by atoms with E-state index < -0.39 is 17.5 Å². The second kappa shape index (κ2) is 8.61. The maximum atomic E-state index is 13.5. The second-order valence-corrected chi connectivity index (χ2v) is 6.64. The zero-order valence-electron chi connectivity index (χ0n) is 13.8. The van der Waals surface area contributed by atoms with E-state index in [0.717, 1.165) is 17.1 Å². The molecule has 0 bridgehead atoms. The summed E-state index contributed by atoms with van der Waals surface area (Å²) in [4.78, 5) is 23.6. The number of hydrogen-bond acceptors (Lipinski definition) is 5. The summed E-state index contributed by atoms with van der Waals surface area (Å²) in [6, 6.07) is 2.74. The molecule has 0 fully saturated rings. The van der Waals surface area contributed by atoms with Crippen molar-refractivity contribution < 1.29 is 18.4 Å². The minimum Gasteiger partial charge on any atom is -0.352 e. The Balaban J connectivity index is 1.73. The number of hydrogen-bond donors (Lipinski definition) is 2. The van der Waals surface area contributed by atoms with Gasteiger partial charge >= 0.3 is 0 Å². The van der Waals surface area contributed by atoms with Crippen LogP contribution in [0.4, 0.5) is 13.9 Å². The fourth-order valence-corrected chi connectivity index (χ4v) is 2.68. The largest absolute Gasteiger partial charge is 0.352 e. The van der Waals surface area contributed by atoms with Gasteiger partial charge in [-0.1, -0.05) is 25.2 Å². The van der Waals surface area contributed by atoms with Crippen LogP contribution in [0.25, 0.3) is 0 Å². The molecular formula is C16H18F2N4O2S. The lowest BCUT2D eigenvalue weighted by Crippen LogP contribution is -2.26. The highest BCUT2D eigenvalue weighted by atomic mass is 32.1. The van der Waals surface area contributed by atoms with E-state index >= 15 is 0 Å². The molecule has 0 aliphatic heterocycles. The van der Waals surface area contributed by atoms with Crippen molar-refractivity contribution in [2.24, 2.45) is 0 Å². The normalized spacial score (nSPS) is 10.8. The quantitative estimate of drug-likeness (QED) is 0.736. The summed E-state index contributed by atoms with van der Waals surface area (Å²) in [7, 11) is 0. The van der Waals surface area contributed by atoms with Gasteiger partial charge in [0.05, 0.1) is 5.56 Å². The van der Waals surface area contributed by atoms with Gasteiger partial charge in [-0.25, -0.2) is 8.78 Å². The van der Waals surface area contributed by atoms with Crippen molar-refractivity contribution in [3.05, 3.63) is 40.4 Å². The number of halogens is 2. The maximum absolute atomic E-state index is 13.5. The van der Waals surface area contributed by atoms with Crippen LogP contribution in [0.3, 0.4) is 0 Å². The Labute approximate surface area is 147 Å². The summed E-state index contributed by atoms with van der Waals surface area (Å²) in [5, 5.41) is 14.3. The van der Waals surface area contributed by atoms with E-state index in [9.17, 15) is 18.4 Å². The number of amides is 2. The van der Waals surface area contributed by atoms with Gasteiger partial charge in [0.15, 0.2) is 0 Å². The van der Waals surface area contributed by atoms with E-state index in [-0.39, 0.29) is 30.4 Å². The molecule has 25 heavy (non-hydrogen) atoms. The number of nitrogens with zero attached hydrogens (tertiary/aromatic N) is 2. The third-order valence-corrected chi connectivity index (χ3v) is 4.36. The van der Waals surface area contributed by atoms with Gasteiger partial charge < -0.3 is 10.6 Å². The number of benzene rings is 1. The molecule has 134 valence electrons. The fourth-order valence-electron chi connectivity index (χ4n) is 1.92. The molecule has 0 aliphatic carbocycles. The van der Waals surface area contributed by atoms with Crippen LogP contribution in [0, 0.1) is 11.6 Å². The smallest absolute Gasteiger partial charge is 0.254 e. The lowest BCUT2D eigenvalue weighted by Gasteiger charge is -2.06. The average molecular weight is 368 g/mol. The summed E-state index contributed by atoms with van der Waals surface area (Å²) < 4.78 is 26.3. The molecule has 0 aliphatic rings. The van der Waals surface area contributed by atoms with E-state index in [1.807, 2.05) is 13.8 Å². The first kappa shape index (κ1) is 18.9. The average Bonchev–Trinajstić information content (AvgIpc) is 3.00. The molecule has 2 amide bonds. The first-order chi connectivity index (χ1) is 11.9. The summed E-state index contributed by atoms with van der Waals surface area (Å²) in [5.74, 6) is -2.32. The van der Waals surface area contributed by atoms with Gasteiger partial charge in [-0.3, -0.25) is 9.59 Å². The molecule has 0 spiro atoms. The van der Waals surface area contributed by atoms with E-state index in [1.54, 1.807) is 0 Å². The Morgan fingerprint density at radius 3 is 2.64 bits per heavy atom. The standard InChI is InChI=1S/C16H18F2N4O2S/c1-9(2)15-21-22-16(25-15)20-13(23)4-3-7-19-14(24)11-6-5-10(17)8-12(11)18/h5-6,8-9H,3-4,7H2,1-2H3,(H,19,24)(H,20,22,23). The Morgan fingerprint density at radius 2 is 2.00 bits per heavy atom. The fraction of sp³-hybridized carbons (Fsp3) is 0.375. The van der Waals surface area contributed by atoms with Crippen LogP contribution in [0.1, 0.15) is 48.0 Å². The summed E-state index contributed by atoms with van der Waals surface area (Å²) >= 11 is 1.32. The molecule has 1 aromatic heterocycles. The van der Waals surface area contributed by atoms with Gasteiger partial charge in [-0.15, -0.1) is 10.2 Å². The van der Waals surface area contributed by atoms with Crippen molar-refractivity contribution >= 4 is 28.3 Å². The molecule has 0 radical (unpaired) electrons. The SMILES string of the molecule is CC(C)c1nnc(NC(=O)CCCNC(=O)c2ccc(F)cc2F)s1. The number of nitrogens with one attached hydrogen (secondary N) is 2. The van der Waals surface area contributed by atoms with Gasteiger partial charge in [0.25, 0.3) is 5.91 Å². The zero-order chi connectivity index (χ0) is 18.4. The number of carbonyl (C=O) groups excluding carboxylic acids is 2. The van der Waals surface area contributed by atoms with Gasteiger partial charge in [0.1, 0.15) is 16.6 Å². The second-order valence-electron chi connectivity index (χ2n) is 5.63. The van der Waals surface area contributed by atoms with Crippen LogP contribution in [0.5, 0.6) is 0 Å². The van der Waals surface area contributed by atoms with E-state index in [1.165, 1.54) is 11.3 Å². The lowest BCUT2D eigenvalue weighted by atomic mass is 10.2. The van der Waals surface area contributed by atoms with E-state index in [0.29, 0.717) is 17.6 Å². The monoisotopic (exact) mass is 368 g/mol. The predicted octanol–water partition coefficient (Wildman–Crippen LogP) is 3.09. The van der Waals surface area contributed by atoms with Gasteiger partial charge in [0, 0.05) is 24.9 Å². The molecule has 2 rings (SSSR count). The number of rotatable bonds is 7. The Bertz CT molecular complexity index is 764. The summed E-state index contributed by atoms with van der Waals surface area (Å²) in [6.45, 7) is 4.16. The third kappa shape index (κ3) is 5.56. The molecule has 0 unspecified atom stereocenters. The number of anilines is 1. The van der Waals surface area contributed by atoms with Crippen molar-refractivity contribution in [2.45, 2.75) is 32.6 Å². The first-order valence-corrected chi connectivity index (χ1v) is 8.55. The lowest BCUT2D eigenvalue weighted by molar-refractivity contribution is -0.116. The van der Waals surface area contributed by atoms with Crippen molar-refractivity contribution in [1.82, 2.24) is 15.5 Å². The predicted molar refractivity (Wildman–Crippen MR) is 90.6 cm³/mol. The highest BCUT2D eigenvalue weighted by Gasteiger charge is 2.13. The molecule has 6 nitrogen and oxygen atoms in total. The Morgan fingerprint density at radius 1 is 1.24 bits per heavy atom. The van der Waals surface area contributed by atoms with Crippen LogP contribution in [-0.2, 0) is 4.79 Å². The van der Waals surface area contributed by atoms with Crippen LogP contribution < -0.4 is 10.6 Å². The number of aromatic nitrogens is 2. The van der Waals surface area contributed by atoms with Crippen LogP contribution in [0.15, 0.2) is 18.2 Å². The maximum Gasteiger partial charge on any atom is 0.254 e. The minimum atomic E-state index is -0.924. The molecule has 0 saturated heterocycles. The molecular weight excluding hydrogens is 350 g/mol. The Hall–Kier alpha value is -2.42. The first-order valence-electron chi connectivity index (χ1n) is 7.73. The van der Waals surface area contributed by atoms with E-state index in [2.05, 4.69) is 20.8 Å². The van der Waals surface area contributed by atoms with Gasteiger partial charge in [-0.05, 0) is 18.6 Å². The number of carbonyl (C=O) groups is 2. The molecule has 1 heterocycles. The van der Waals surface area contributed by atoms with Crippen LogP contribution in [0.2, 0.25) is 0 Å². The topological polar surface area (TPSA) is 84.0 Å². The molecule has 0 saturated carbocycles. The van der Waals surface area contributed by atoms with Gasteiger partial charge in [0.2, 0.25) is 11.0 Å². The highest BCUT2D eigenvalue weighted by molar-refractivity contribution is 7.15. The van der Waals surface area contributed by atoms with Crippen molar-refractivity contribution in [3.63, 3.8) is 0 Å². The Kier molecular flexibility index (Phi) is 6.51. The summed E-state index contributed by atoms with van der Waals surface area (Å²) in [5.41, 5.74) is -0.235.